The first-order valence-electron chi connectivity index (χ1n) is 5.79. The molecule has 0 aromatic heterocycles. The standard InChI is InChI=1S/C13H17BrN2O/c1-13(2)6-3-7-16(13)12(17)9-4-5-10(14)11(15)8-9/h4-5,8H,3,6-7,15H2,1-2H3. The van der Waals surface area contributed by atoms with Crippen LogP contribution in [0.25, 0.3) is 0 Å². The zero-order valence-corrected chi connectivity index (χ0v) is 11.8. The third-order valence-electron chi connectivity index (χ3n) is 3.39. The summed E-state index contributed by atoms with van der Waals surface area (Å²) < 4.78 is 0.828. The molecule has 1 fully saturated rings. The van der Waals surface area contributed by atoms with E-state index in [9.17, 15) is 4.79 Å². The number of hydrogen-bond acceptors (Lipinski definition) is 2. The Hall–Kier alpha value is -1.03. The lowest BCUT2D eigenvalue weighted by atomic mass is 10.0. The fourth-order valence-electron chi connectivity index (χ4n) is 2.32. The number of anilines is 1. The van der Waals surface area contributed by atoms with Gasteiger partial charge in [-0.15, -0.1) is 0 Å². The Labute approximate surface area is 110 Å². The van der Waals surface area contributed by atoms with E-state index in [-0.39, 0.29) is 11.4 Å². The summed E-state index contributed by atoms with van der Waals surface area (Å²) in [6.45, 7) is 5.06. The number of benzene rings is 1. The van der Waals surface area contributed by atoms with Crippen molar-refractivity contribution < 1.29 is 4.79 Å². The molecule has 0 spiro atoms. The first-order valence-corrected chi connectivity index (χ1v) is 6.58. The zero-order chi connectivity index (χ0) is 12.6. The van der Waals surface area contributed by atoms with Gasteiger partial charge in [-0.2, -0.15) is 0 Å². The van der Waals surface area contributed by atoms with Gasteiger partial charge < -0.3 is 10.6 Å². The third-order valence-corrected chi connectivity index (χ3v) is 4.11. The number of nitrogen functional groups attached to an aromatic ring is 1. The highest BCUT2D eigenvalue weighted by Crippen LogP contribution is 2.30. The lowest BCUT2D eigenvalue weighted by molar-refractivity contribution is 0.0652. The molecule has 1 amide bonds. The molecule has 3 nitrogen and oxygen atoms in total. The molecule has 1 aromatic rings. The lowest BCUT2D eigenvalue weighted by Gasteiger charge is -2.31. The van der Waals surface area contributed by atoms with Crippen molar-refractivity contribution in [3.63, 3.8) is 0 Å². The highest BCUT2D eigenvalue weighted by molar-refractivity contribution is 9.10. The van der Waals surface area contributed by atoms with Crippen LogP contribution in [0.2, 0.25) is 0 Å². The second kappa shape index (κ2) is 4.33. The van der Waals surface area contributed by atoms with Crippen LogP contribution in [0.1, 0.15) is 37.0 Å². The lowest BCUT2D eigenvalue weighted by Crippen LogP contribution is -2.42. The molecule has 0 radical (unpaired) electrons. The van der Waals surface area contributed by atoms with Crippen molar-refractivity contribution >= 4 is 27.5 Å². The van der Waals surface area contributed by atoms with Crippen LogP contribution in [0, 0.1) is 0 Å². The smallest absolute Gasteiger partial charge is 0.254 e. The minimum atomic E-state index is -0.0427. The van der Waals surface area contributed by atoms with E-state index in [4.69, 9.17) is 5.73 Å². The Morgan fingerprint density at radius 3 is 2.71 bits per heavy atom. The number of carbonyl (C=O) groups excluding carboxylic acids is 1. The van der Waals surface area contributed by atoms with Crippen LogP contribution < -0.4 is 5.73 Å². The Kier molecular flexibility index (Phi) is 3.17. The Bertz CT molecular complexity index is 457. The second-order valence-corrected chi connectivity index (χ2v) is 5.96. The number of rotatable bonds is 1. The Balaban J connectivity index is 2.28. The van der Waals surface area contributed by atoms with E-state index in [1.54, 1.807) is 6.07 Å². The van der Waals surface area contributed by atoms with Gasteiger partial charge >= 0.3 is 0 Å². The van der Waals surface area contributed by atoms with Gasteiger partial charge in [-0.3, -0.25) is 4.79 Å². The number of likely N-dealkylation sites (tertiary alicyclic amines) is 1. The van der Waals surface area contributed by atoms with Crippen molar-refractivity contribution in [2.75, 3.05) is 12.3 Å². The van der Waals surface area contributed by atoms with Crippen LogP contribution in [0.4, 0.5) is 5.69 Å². The minimum Gasteiger partial charge on any atom is -0.398 e. The van der Waals surface area contributed by atoms with Crippen molar-refractivity contribution in [3.05, 3.63) is 28.2 Å². The zero-order valence-electron chi connectivity index (χ0n) is 10.2. The molecule has 92 valence electrons. The second-order valence-electron chi connectivity index (χ2n) is 5.11. The molecule has 4 heteroatoms. The topological polar surface area (TPSA) is 46.3 Å². The molecule has 1 aliphatic rings. The summed E-state index contributed by atoms with van der Waals surface area (Å²) in [5, 5.41) is 0. The molecule has 0 saturated carbocycles. The molecule has 0 atom stereocenters. The quantitative estimate of drug-likeness (QED) is 0.810. The summed E-state index contributed by atoms with van der Waals surface area (Å²) in [7, 11) is 0. The third kappa shape index (κ3) is 2.32. The number of carbonyl (C=O) groups is 1. The Morgan fingerprint density at radius 1 is 1.47 bits per heavy atom. The molecule has 1 saturated heterocycles. The molecule has 2 N–H and O–H groups in total. The average Bonchev–Trinajstić information content (AvgIpc) is 2.61. The highest BCUT2D eigenvalue weighted by atomic mass is 79.9. The number of nitrogens with two attached hydrogens (primary N) is 1. The molecule has 1 aromatic carbocycles. The van der Waals surface area contributed by atoms with E-state index in [1.807, 2.05) is 17.0 Å². The van der Waals surface area contributed by atoms with Crippen LogP contribution in [0.5, 0.6) is 0 Å². The molecule has 1 heterocycles. The predicted molar refractivity (Wildman–Crippen MR) is 72.9 cm³/mol. The van der Waals surface area contributed by atoms with Crippen molar-refractivity contribution in [2.24, 2.45) is 0 Å². The summed E-state index contributed by atoms with van der Waals surface area (Å²) in [4.78, 5) is 14.3. The van der Waals surface area contributed by atoms with Gasteiger partial charge in [0.25, 0.3) is 5.91 Å². The largest absolute Gasteiger partial charge is 0.398 e. The van der Waals surface area contributed by atoms with Crippen LogP contribution in [0.15, 0.2) is 22.7 Å². The number of hydrogen-bond donors (Lipinski definition) is 1. The first-order chi connectivity index (χ1) is 7.92. The van der Waals surface area contributed by atoms with Gasteiger partial charge in [0.05, 0.1) is 0 Å². The molecule has 0 bridgehead atoms. The van der Waals surface area contributed by atoms with Gasteiger partial charge in [-0.25, -0.2) is 0 Å². The van der Waals surface area contributed by atoms with Gasteiger partial charge in [0.15, 0.2) is 0 Å². The van der Waals surface area contributed by atoms with E-state index in [0.29, 0.717) is 11.3 Å². The van der Waals surface area contributed by atoms with Crippen LogP contribution >= 0.6 is 15.9 Å². The van der Waals surface area contributed by atoms with Crippen molar-refractivity contribution in [1.29, 1.82) is 0 Å². The molecule has 0 unspecified atom stereocenters. The molecule has 0 aliphatic carbocycles. The average molecular weight is 297 g/mol. The van der Waals surface area contributed by atoms with Gasteiger partial charge in [0.2, 0.25) is 0 Å². The van der Waals surface area contributed by atoms with Crippen molar-refractivity contribution in [3.8, 4) is 0 Å². The van der Waals surface area contributed by atoms with E-state index in [1.165, 1.54) is 0 Å². The van der Waals surface area contributed by atoms with Gasteiger partial charge in [-0.1, -0.05) is 0 Å². The SMILES string of the molecule is CC1(C)CCCN1C(=O)c1ccc(Br)c(N)c1. The maximum atomic E-state index is 12.4. The number of nitrogens with zero attached hydrogens (tertiary/aromatic N) is 1. The first kappa shape index (κ1) is 12.4. The fraction of sp³-hybridized carbons (Fsp3) is 0.462. The summed E-state index contributed by atoms with van der Waals surface area (Å²) in [6.07, 6.45) is 2.13. The normalized spacial score (nSPS) is 18.4. The molecule has 2 rings (SSSR count). The number of amides is 1. The fourth-order valence-corrected chi connectivity index (χ4v) is 2.56. The summed E-state index contributed by atoms with van der Waals surface area (Å²) >= 11 is 3.33. The van der Waals surface area contributed by atoms with Gasteiger partial charge in [0.1, 0.15) is 0 Å². The summed E-state index contributed by atoms with van der Waals surface area (Å²) in [6, 6.07) is 5.38. The van der Waals surface area contributed by atoms with Crippen LogP contribution in [0.3, 0.4) is 0 Å². The maximum Gasteiger partial charge on any atom is 0.254 e. The van der Waals surface area contributed by atoms with Crippen molar-refractivity contribution in [1.82, 2.24) is 4.90 Å². The minimum absolute atomic E-state index is 0.0427. The van der Waals surface area contributed by atoms with Gasteiger partial charge in [0, 0.05) is 27.8 Å². The predicted octanol–water partition coefficient (Wildman–Crippen LogP) is 3.05. The van der Waals surface area contributed by atoms with Gasteiger partial charge in [-0.05, 0) is 60.8 Å². The van der Waals surface area contributed by atoms with Crippen LogP contribution in [-0.4, -0.2) is 22.9 Å². The maximum absolute atomic E-state index is 12.4. The van der Waals surface area contributed by atoms with Crippen LogP contribution in [-0.2, 0) is 0 Å². The van der Waals surface area contributed by atoms with Crippen molar-refractivity contribution in [2.45, 2.75) is 32.2 Å². The molecular weight excluding hydrogens is 280 g/mol. The Morgan fingerprint density at radius 2 is 2.18 bits per heavy atom. The molecule has 1 aliphatic heterocycles. The van der Waals surface area contributed by atoms with E-state index in [0.717, 1.165) is 23.9 Å². The van der Waals surface area contributed by atoms with E-state index < -0.39 is 0 Å². The monoisotopic (exact) mass is 296 g/mol. The summed E-state index contributed by atoms with van der Waals surface area (Å²) in [5.41, 5.74) is 7.04. The summed E-state index contributed by atoms with van der Waals surface area (Å²) in [5.74, 6) is 0.0756. The highest BCUT2D eigenvalue weighted by Gasteiger charge is 2.35. The van der Waals surface area contributed by atoms with E-state index >= 15 is 0 Å². The molecule has 17 heavy (non-hydrogen) atoms. The molecular formula is C13H17BrN2O. The van der Waals surface area contributed by atoms with E-state index in [2.05, 4.69) is 29.8 Å². The number of halogens is 1.